The highest BCUT2D eigenvalue weighted by molar-refractivity contribution is 14.1. The SMILES string of the molecule is Cc1cc(I)c(C#N)cc1CCl. The number of rotatable bonds is 1. The van der Waals surface area contributed by atoms with Crippen LogP contribution in [0.2, 0.25) is 0 Å². The summed E-state index contributed by atoms with van der Waals surface area (Å²) >= 11 is 7.86. The minimum absolute atomic E-state index is 0.470. The quantitative estimate of drug-likeness (QED) is 0.576. The van der Waals surface area contributed by atoms with Gasteiger partial charge in [-0.3, -0.25) is 0 Å². The zero-order chi connectivity index (χ0) is 9.14. The van der Waals surface area contributed by atoms with Crippen molar-refractivity contribution in [2.24, 2.45) is 0 Å². The Labute approximate surface area is 90.5 Å². The smallest absolute Gasteiger partial charge is 0.100 e. The van der Waals surface area contributed by atoms with Crippen LogP contribution < -0.4 is 0 Å². The summed E-state index contributed by atoms with van der Waals surface area (Å²) in [7, 11) is 0. The fraction of sp³-hybridized carbons (Fsp3) is 0.222. The Bertz CT molecular complexity index is 341. The van der Waals surface area contributed by atoms with E-state index in [4.69, 9.17) is 16.9 Å². The molecule has 1 nitrogen and oxygen atoms in total. The third-order valence-electron chi connectivity index (χ3n) is 1.69. The van der Waals surface area contributed by atoms with E-state index in [1.807, 2.05) is 19.1 Å². The molecule has 0 aliphatic rings. The van der Waals surface area contributed by atoms with Crippen molar-refractivity contribution in [1.29, 1.82) is 5.26 Å². The van der Waals surface area contributed by atoms with Gasteiger partial charge in [-0.15, -0.1) is 11.6 Å². The van der Waals surface area contributed by atoms with Crippen LogP contribution in [-0.2, 0) is 5.88 Å². The molecule has 0 aromatic heterocycles. The lowest BCUT2D eigenvalue weighted by Crippen LogP contribution is -1.90. The van der Waals surface area contributed by atoms with Crippen LogP contribution in [0.5, 0.6) is 0 Å². The van der Waals surface area contributed by atoms with E-state index >= 15 is 0 Å². The molecule has 3 heteroatoms. The summed E-state index contributed by atoms with van der Waals surface area (Å²) in [5, 5.41) is 8.73. The molecule has 0 amide bonds. The number of halogens is 2. The maximum absolute atomic E-state index is 8.73. The molecule has 12 heavy (non-hydrogen) atoms. The van der Waals surface area contributed by atoms with Gasteiger partial charge in [-0.05, 0) is 52.8 Å². The van der Waals surface area contributed by atoms with Crippen LogP contribution in [0, 0.1) is 21.8 Å². The number of nitrogens with zero attached hydrogens (tertiary/aromatic N) is 1. The molecule has 62 valence electrons. The summed E-state index contributed by atoms with van der Waals surface area (Å²) in [6, 6.07) is 5.97. The molecule has 0 atom stereocenters. The van der Waals surface area contributed by atoms with Crippen molar-refractivity contribution in [2.75, 3.05) is 0 Å². The van der Waals surface area contributed by atoms with Crippen LogP contribution in [0.1, 0.15) is 16.7 Å². The van der Waals surface area contributed by atoms with Gasteiger partial charge in [0.2, 0.25) is 0 Å². The maximum atomic E-state index is 8.73. The van der Waals surface area contributed by atoms with Crippen LogP contribution in [0.25, 0.3) is 0 Å². The van der Waals surface area contributed by atoms with Crippen LogP contribution >= 0.6 is 34.2 Å². The number of benzene rings is 1. The first-order valence-corrected chi connectivity index (χ1v) is 5.05. The van der Waals surface area contributed by atoms with Gasteiger partial charge in [0, 0.05) is 9.45 Å². The Morgan fingerprint density at radius 2 is 2.25 bits per heavy atom. The Morgan fingerprint density at radius 3 is 2.75 bits per heavy atom. The standard InChI is InChI=1S/C9H7ClIN/c1-6-2-9(11)8(5-12)3-7(6)4-10/h2-3H,4H2,1H3. The molecule has 0 saturated carbocycles. The Morgan fingerprint density at radius 1 is 1.58 bits per heavy atom. The minimum Gasteiger partial charge on any atom is -0.192 e. The largest absolute Gasteiger partial charge is 0.192 e. The van der Waals surface area contributed by atoms with E-state index in [1.54, 1.807) is 0 Å². The number of alkyl halides is 1. The van der Waals surface area contributed by atoms with Gasteiger partial charge in [0.15, 0.2) is 0 Å². The van der Waals surface area contributed by atoms with E-state index in [0.717, 1.165) is 14.7 Å². The molecule has 0 aliphatic heterocycles. The molecule has 0 spiro atoms. The minimum atomic E-state index is 0.470. The monoisotopic (exact) mass is 291 g/mol. The predicted octanol–water partition coefficient (Wildman–Crippen LogP) is 3.21. The van der Waals surface area contributed by atoms with Gasteiger partial charge in [0.1, 0.15) is 6.07 Å². The molecule has 0 N–H and O–H groups in total. The van der Waals surface area contributed by atoms with Crippen LogP contribution in [-0.4, -0.2) is 0 Å². The van der Waals surface area contributed by atoms with Gasteiger partial charge in [0.05, 0.1) is 5.56 Å². The summed E-state index contributed by atoms with van der Waals surface area (Å²) in [5.74, 6) is 0.470. The first-order valence-electron chi connectivity index (χ1n) is 3.44. The van der Waals surface area contributed by atoms with Crippen molar-refractivity contribution in [3.05, 3.63) is 32.4 Å². The second-order valence-electron chi connectivity index (χ2n) is 2.50. The van der Waals surface area contributed by atoms with Crippen LogP contribution in [0.4, 0.5) is 0 Å². The third kappa shape index (κ3) is 1.90. The van der Waals surface area contributed by atoms with Crippen molar-refractivity contribution in [2.45, 2.75) is 12.8 Å². The zero-order valence-electron chi connectivity index (χ0n) is 6.56. The number of hydrogen-bond acceptors (Lipinski definition) is 1. The van der Waals surface area contributed by atoms with Crippen molar-refractivity contribution >= 4 is 34.2 Å². The molecule has 0 heterocycles. The van der Waals surface area contributed by atoms with E-state index in [9.17, 15) is 0 Å². The van der Waals surface area contributed by atoms with Crippen molar-refractivity contribution in [3.8, 4) is 6.07 Å². The second kappa shape index (κ2) is 4.11. The lowest BCUT2D eigenvalue weighted by Gasteiger charge is -2.03. The summed E-state index contributed by atoms with van der Waals surface area (Å²) in [6.07, 6.45) is 0. The van der Waals surface area contributed by atoms with Crippen molar-refractivity contribution in [1.82, 2.24) is 0 Å². The fourth-order valence-corrected chi connectivity index (χ4v) is 1.98. The summed E-state index contributed by atoms with van der Waals surface area (Å²) in [6.45, 7) is 2.00. The van der Waals surface area contributed by atoms with E-state index in [-0.39, 0.29) is 0 Å². The van der Waals surface area contributed by atoms with Gasteiger partial charge < -0.3 is 0 Å². The fourth-order valence-electron chi connectivity index (χ4n) is 0.947. The van der Waals surface area contributed by atoms with Gasteiger partial charge in [-0.2, -0.15) is 5.26 Å². The topological polar surface area (TPSA) is 23.8 Å². The summed E-state index contributed by atoms with van der Waals surface area (Å²) in [5.41, 5.74) is 2.89. The van der Waals surface area contributed by atoms with Crippen LogP contribution in [0.3, 0.4) is 0 Å². The molecule has 1 aromatic rings. The Balaban J connectivity index is 3.30. The van der Waals surface area contributed by atoms with Crippen LogP contribution in [0.15, 0.2) is 12.1 Å². The number of aryl methyl sites for hydroxylation is 1. The second-order valence-corrected chi connectivity index (χ2v) is 3.93. The Hall–Kier alpha value is -0.270. The number of hydrogen-bond donors (Lipinski definition) is 0. The molecule has 0 bridgehead atoms. The summed E-state index contributed by atoms with van der Waals surface area (Å²) in [4.78, 5) is 0. The molecule has 0 unspecified atom stereocenters. The molecule has 0 radical (unpaired) electrons. The molecule has 0 fully saturated rings. The van der Waals surface area contributed by atoms with E-state index in [1.165, 1.54) is 0 Å². The average Bonchev–Trinajstić information content (AvgIpc) is 2.05. The van der Waals surface area contributed by atoms with Gasteiger partial charge in [0.25, 0.3) is 0 Å². The van der Waals surface area contributed by atoms with Gasteiger partial charge in [-0.1, -0.05) is 0 Å². The first-order chi connectivity index (χ1) is 5.69. The number of nitriles is 1. The molecular weight excluding hydrogens is 284 g/mol. The van der Waals surface area contributed by atoms with Crippen molar-refractivity contribution in [3.63, 3.8) is 0 Å². The summed E-state index contributed by atoms with van der Waals surface area (Å²) < 4.78 is 0.987. The van der Waals surface area contributed by atoms with Crippen molar-refractivity contribution < 1.29 is 0 Å². The molecule has 0 aliphatic carbocycles. The predicted molar refractivity (Wildman–Crippen MR) is 58.2 cm³/mol. The first kappa shape index (κ1) is 9.82. The van der Waals surface area contributed by atoms with Gasteiger partial charge in [-0.25, -0.2) is 0 Å². The molecule has 0 saturated heterocycles. The van der Waals surface area contributed by atoms with E-state index in [2.05, 4.69) is 28.7 Å². The van der Waals surface area contributed by atoms with Gasteiger partial charge >= 0.3 is 0 Å². The highest BCUT2D eigenvalue weighted by Gasteiger charge is 2.03. The maximum Gasteiger partial charge on any atom is 0.100 e. The highest BCUT2D eigenvalue weighted by Crippen LogP contribution is 2.19. The van der Waals surface area contributed by atoms with E-state index in [0.29, 0.717) is 11.4 Å². The average molecular weight is 292 g/mol. The lowest BCUT2D eigenvalue weighted by molar-refractivity contribution is 1.27. The normalized spacial score (nSPS) is 9.50. The highest BCUT2D eigenvalue weighted by atomic mass is 127. The third-order valence-corrected chi connectivity index (χ3v) is 2.87. The van der Waals surface area contributed by atoms with E-state index < -0.39 is 0 Å². The lowest BCUT2D eigenvalue weighted by atomic mass is 10.1. The zero-order valence-corrected chi connectivity index (χ0v) is 9.48. The molecular formula is C9H7ClIN. The Kier molecular flexibility index (Phi) is 3.36. The molecule has 1 rings (SSSR count). The molecule has 1 aromatic carbocycles.